The number of benzene rings is 1. The molecule has 0 spiro atoms. The molecule has 1 heterocycles. The van der Waals surface area contributed by atoms with E-state index in [-0.39, 0.29) is 22.5 Å². The molecule has 8 heteroatoms. The summed E-state index contributed by atoms with van der Waals surface area (Å²) in [7, 11) is 0. The van der Waals surface area contributed by atoms with Crippen LogP contribution >= 0.6 is 23.4 Å². The van der Waals surface area contributed by atoms with Crippen LogP contribution in [-0.2, 0) is 9.59 Å². The average Bonchev–Trinajstić information content (AvgIpc) is 2.62. The van der Waals surface area contributed by atoms with Gasteiger partial charge in [0.15, 0.2) is 5.17 Å². The maximum absolute atomic E-state index is 12.9. The van der Waals surface area contributed by atoms with Crippen molar-refractivity contribution in [3.05, 3.63) is 29.0 Å². The number of rotatable bonds is 3. The zero-order chi connectivity index (χ0) is 14.0. The first-order valence-electron chi connectivity index (χ1n) is 5.26. The predicted molar refractivity (Wildman–Crippen MR) is 71.9 cm³/mol. The largest absolute Gasteiger partial charge is 0.326 e. The fourth-order valence-corrected chi connectivity index (χ4v) is 2.53. The molecule has 2 amide bonds. The third kappa shape index (κ3) is 3.45. The maximum atomic E-state index is 12.9. The number of carbonyl (C=O) groups is 2. The summed E-state index contributed by atoms with van der Waals surface area (Å²) in [6, 6.07) is 3.81. The van der Waals surface area contributed by atoms with Gasteiger partial charge in [-0.1, -0.05) is 23.4 Å². The van der Waals surface area contributed by atoms with E-state index < -0.39 is 17.0 Å². The van der Waals surface area contributed by atoms with Crippen LogP contribution in [0, 0.1) is 11.2 Å². The molecule has 0 radical (unpaired) electrons. The Morgan fingerprint density at radius 2 is 2.32 bits per heavy atom. The second kappa shape index (κ2) is 5.58. The summed E-state index contributed by atoms with van der Waals surface area (Å²) in [5, 5.41) is 11.4. The van der Waals surface area contributed by atoms with Gasteiger partial charge in [-0.3, -0.25) is 15.0 Å². The summed E-state index contributed by atoms with van der Waals surface area (Å²) >= 11 is 6.58. The van der Waals surface area contributed by atoms with Crippen molar-refractivity contribution in [2.24, 2.45) is 0 Å². The molecule has 0 aliphatic carbocycles. The molecular weight excluding hydrogens is 293 g/mol. The minimum Gasteiger partial charge on any atom is -0.326 e. The molecule has 0 saturated carbocycles. The Balaban J connectivity index is 1.96. The van der Waals surface area contributed by atoms with Gasteiger partial charge in [0.1, 0.15) is 11.1 Å². The molecule has 0 aromatic heterocycles. The highest BCUT2D eigenvalue weighted by Crippen LogP contribution is 2.23. The molecule has 3 N–H and O–H groups in total. The van der Waals surface area contributed by atoms with Gasteiger partial charge in [-0.2, -0.15) is 0 Å². The van der Waals surface area contributed by atoms with Crippen LogP contribution in [0.1, 0.15) is 6.42 Å². The van der Waals surface area contributed by atoms with Crippen LogP contribution in [0.5, 0.6) is 0 Å². The Kier molecular flexibility index (Phi) is 4.06. The summed E-state index contributed by atoms with van der Waals surface area (Å²) in [4.78, 5) is 23.1. The molecule has 1 aromatic rings. The van der Waals surface area contributed by atoms with Gasteiger partial charge in [-0.05, 0) is 18.2 Å². The molecule has 19 heavy (non-hydrogen) atoms. The van der Waals surface area contributed by atoms with Crippen molar-refractivity contribution < 1.29 is 14.0 Å². The number of hydrogen-bond donors (Lipinski definition) is 3. The summed E-state index contributed by atoms with van der Waals surface area (Å²) < 4.78 is 12.9. The van der Waals surface area contributed by atoms with Gasteiger partial charge >= 0.3 is 0 Å². The number of thioether (sulfide) groups is 1. The average molecular weight is 302 g/mol. The van der Waals surface area contributed by atoms with E-state index in [1.165, 1.54) is 12.1 Å². The third-order valence-electron chi connectivity index (χ3n) is 2.36. The fraction of sp³-hybridized carbons (Fsp3) is 0.182. The summed E-state index contributed by atoms with van der Waals surface area (Å²) in [6.07, 6.45) is -0.0616. The number of nitrogens with one attached hydrogen (secondary N) is 3. The Labute approximate surface area is 117 Å². The van der Waals surface area contributed by atoms with Crippen LogP contribution in [-0.4, -0.2) is 22.2 Å². The Morgan fingerprint density at radius 1 is 1.58 bits per heavy atom. The van der Waals surface area contributed by atoms with E-state index in [2.05, 4.69) is 10.6 Å². The van der Waals surface area contributed by atoms with Crippen molar-refractivity contribution in [3.63, 3.8) is 0 Å². The lowest BCUT2D eigenvalue weighted by molar-refractivity contribution is -0.122. The van der Waals surface area contributed by atoms with Gasteiger partial charge in [0.2, 0.25) is 11.8 Å². The molecule has 2 rings (SSSR count). The highest BCUT2D eigenvalue weighted by atomic mass is 35.5. The minimum absolute atomic E-state index is 0.0348. The number of hydrogen-bond acceptors (Lipinski definition) is 4. The number of carbonyl (C=O) groups excluding carboxylic acids is 2. The normalized spacial score (nSPS) is 18.3. The number of halogens is 2. The minimum atomic E-state index is -0.608. The molecule has 1 aromatic carbocycles. The third-order valence-corrected chi connectivity index (χ3v) is 3.66. The molecule has 1 unspecified atom stereocenters. The molecule has 1 aliphatic heterocycles. The van der Waals surface area contributed by atoms with Crippen molar-refractivity contribution in [1.29, 1.82) is 5.41 Å². The van der Waals surface area contributed by atoms with E-state index >= 15 is 0 Å². The van der Waals surface area contributed by atoms with E-state index in [1.54, 1.807) is 0 Å². The van der Waals surface area contributed by atoms with Gasteiger partial charge in [0.05, 0.1) is 5.02 Å². The van der Waals surface area contributed by atoms with Crippen LogP contribution < -0.4 is 10.6 Å². The lowest BCUT2D eigenvalue weighted by Gasteiger charge is -2.07. The van der Waals surface area contributed by atoms with E-state index in [0.717, 1.165) is 17.8 Å². The van der Waals surface area contributed by atoms with Crippen molar-refractivity contribution in [2.75, 3.05) is 5.32 Å². The zero-order valence-electron chi connectivity index (χ0n) is 9.50. The van der Waals surface area contributed by atoms with Crippen molar-refractivity contribution in [3.8, 4) is 0 Å². The molecule has 1 aliphatic rings. The van der Waals surface area contributed by atoms with Crippen LogP contribution in [0.3, 0.4) is 0 Å². The fourth-order valence-electron chi connectivity index (χ4n) is 1.51. The van der Waals surface area contributed by atoms with E-state index in [9.17, 15) is 14.0 Å². The first-order chi connectivity index (χ1) is 8.95. The first-order valence-corrected chi connectivity index (χ1v) is 6.52. The molecule has 5 nitrogen and oxygen atoms in total. The Bertz CT molecular complexity index is 567. The number of anilines is 1. The van der Waals surface area contributed by atoms with E-state index in [1.807, 2.05) is 0 Å². The number of amides is 2. The molecule has 1 atom stereocenters. The smallest absolute Gasteiger partial charge is 0.240 e. The Hall–Kier alpha value is -1.60. The second-order valence-corrected chi connectivity index (χ2v) is 5.43. The van der Waals surface area contributed by atoms with E-state index in [4.69, 9.17) is 17.0 Å². The zero-order valence-corrected chi connectivity index (χ0v) is 11.1. The van der Waals surface area contributed by atoms with Crippen LogP contribution in [0.25, 0.3) is 0 Å². The molecule has 100 valence electrons. The summed E-state index contributed by atoms with van der Waals surface area (Å²) in [5.74, 6) is -1.33. The van der Waals surface area contributed by atoms with Gasteiger partial charge in [0.25, 0.3) is 0 Å². The second-order valence-electron chi connectivity index (χ2n) is 3.81. The first kappa shape index (κ1) is 13.8. The van der Waals surface area contributed by atoms with Gasteiger partial charge in [-0.15, -0.1) is 0 Å². The SMILES string of the molecule is N=C1NC(=O)C(CC(=O)Nc2ccc(F)c(Cl)c2)S1. The van der Waals surface area contributed by atoms with Gasteiger partial charge < -0.3 is 10.6 Å². The van der Waals surface area contributed by atoms with Crippen molar-refractivity contribution in [1.82, 2.24) is 5.32 Å². The summed E-state index contributed by atoms with van der Waals surface area (Å²) in [5.41, 5.74) is 0.356. The topological polar surface area (TPSA) is 82.1 Å². The predicted octanol–water partition coefficient (Wildman–Crippen LogP) is 1.97. The Morgan fingerprint density at radius 3 is 2.89 bits per heavy atom. The molecule has 1 saturated heterocycles. The maximum Gasteiger partial charge on any atom is 0.240 e. The quantitative estimate of drug-likeness (QED) is 0.798. The highest BCUT2D eigenvalue weighted by Gasteiger charge is 2.31. The standard InChI is InChI=1S/C11H9ClFN3O2S/c12-6-3-5(1-2-7(6)13)15-9(17)4-8-10(18)16-11(14)19-8/h1-3,8H,4H2,(H,15,17)(H2,14,16,18). The van der Waals surface area contributed by atoms with Crippen LogP contribution in [0.15, 0.2) is 18.2 Å². The van der Waals surface area contributed by atoms with Crippen LogP contribution in [0.4, 0.5) is 10.1 Å². The molecular formula is C11H9ClFN3O2S. The number of amidine groups is 1. The van der Waals surface area contributed by atoms with Crippen LogP contribution in [0.2, 0.25) is 5.02 Å². The van der Waals surface area contributed by atoms with Crippen molar-refractivity contribution in [2.45, 2.75) is 11.7 Å². The van der Waals surface area contributed by atoms with Gasteiger partial charge in [-0.25, -0.2) is 4.39 Å². The monoisotopic (exact) mass is 301 g/mol. The molecule has 0 bridgehead atoms. The summed E-state index contributed by atoms with van der Waals surface area (Å²) in [6.45, 7) is 0. The lowest BCUT2D eigenvalue weighted by Crippen LogP contribution is -2.27. The van der Waals surface area contributed by atoms with Gasteiger partial charge in [0, 0.05) is 12.1 Å². The highest BCUT2D eigenvalue weighted by molar-refractivity contribution is 8.15. The lowest BCUT2D eigenvalue weighted by atomic mass is 10.2. The van der Waals surface area contributed by atoms with Crippen molar-refractivity contribution >= 4 is 46.0 Å². The van der Waals surface area contributed by atoms with E-state index in [0.29, 0.717) is 5.69 Å². The molecule has 1 fully saturated rings.